The Morgan fingerprint density at radius 2 is 2.21 bits per heavy atom. The summed E-state index contributed by atoms with van der Waals surface area (Å²) < 4.78 is 1.90. The van der Waals surface area contributed by atoms with Gasteiger partial charge in [-0.3, -0.25) is 9.48 Å². The van der Waals surface area contributed by atoms with Crippen LogP contribution in [0.15, 0.2) is 0 Å². The monoisotopic (exact) mass is 193 g/mol. The molecule has 0 unspecified atom stereocenters. The van der Waals surface area contributed by atoms with E-state index in [2.05, 4.69) is 12.0 Å². The zero-order valence-corrected chi connectivity index (χ0v) is 8.87. The third-order valence-corrected chi connectivity index (χ3v) is 2.83. The summed E-state index contributed by atoms with van der Waals surface area (Å²) in [6.45, 7) is 5.17. The molecule has 1 aromatic heterocycles. The summed E-state index contributed by atoms with van der Waals surface area (Å²) in [6.07, 6.45) is 0.939. The highest BCUT2D eigenvalue weighted by atomic mass is 16.2. The lowest BCUT2D eigenvalue weighted by atomic mass is 10.2. The van der Waals surface area contributed by atoms with Gasteiger partial charge in [-0.1, -0.05) is 6.92 Å². The SMILES string of the molecule is CCc1nn(C)c2c1CN(C(C)=O)C2. The van der Waals surface area contributed by atoms with Crippen LogP contribution in [-0.2, 0) is 31.4 Å². The Balaban J connectivity index is 2.35. The van der Waals surface area contributed by atoms with Gasteiger partial charge in [0.15, 0.2) is 0 Å². The van der Waals surface area contributed by atoms with E-state index in [1.165, 1.54) is 11.3 Å². The van der Waals surface area contributed by atoms with E-state index >= 15 is 0 Å². The quantitative estimate of drug-likeness (QED) is 0.663. The van der Waals surface area contributed by atoms with Gasteiger partial charge in [0.25, 0.3) is 0 Å². The van der Waals surface area contributed by atoms with Crippen molar-refractivity contribution in [3.8, 4) is 0 Å². The lowest BCUT2D eigenvalue weighted by Gasteiger charge is -2.12. The summed E-state index contributed by atoms with van der Waals surface area (Å²) in [5, 5.41) is 4.42. The van der Waals surface area contributed by atoms with E-state index in [9.17, 15) is 4.79 Å². The van der Waals surface area contributed by atoms with E-state index in [1.54, 1.807) is 6.92 Å². The maximum atomic E-state index is 11.2. The molecule has 0 spiro atoms. The van der Waals surface area contributed by atoms with Crippen molar-refractivity contribution in [3.05, 3.63) is 17.0 Å². The molecule has 4 nitrogen and oxygen atoms in total. The van der Waals surface area contributed by atoms with Crippen molar-refractivity contribution in [2.24, 2.45) is 7.05 Å². The number of aryl methyl sites for hydroxylation is 2. The van der Waals surface area contributed by atoms with Gasteiger partial charge >= 0.3 is 0 Å². The molecule has 1 aliphatic rings. The van der Waals surface area contributed by atoms with Gasteiger partial charge in [0, 0.05) is 26.1 Å². The summed E-state index contributed by atoms with van der Waals surface area (Å²) in [5.41, 5.74) is 3.58. The molecule has 1 aliphatic heterocycles. The number of carbonyl (C=O) groups is 1. The average molecular weight is 193 g/mol. The number of nitrogens with zero attached hydrogens (tertiary/aromatic N) is 3. The van der Waals surface area contributed by atoms with Crippen molar-refractivity contribution in [2.45, 2.75) is 33.4 Å². The van der Waals surface area contributed by atoms with Gasteiger partial charge in [0.2, 0.25) is 5.91 Å². The summed E-state index contributed by atoms with van der Waals surface area (Å²) in [4.78, 5) is 13.1. The second-order valence-corrected chi connectivity index (χ2v) is 3.72. The Bertz CT molecular complexity index is 381. The predicted octanol–water partition coefficient (Wildman–Crippen LogP) is 0.845. The average Bonchev–Trinajstić information content (AvgIpc) is 2.66. The van der Waals surface area contributed by atoms with Crippen LogP contribution in [0.2, 0.25) is 0 Å². The number of fused-ring (bicyclic) bond motifs is 1. The highest BCUT2D eigenvalue weighted by molar-refractivity contribution is 5.74. The molecule has 0 saturated carbocycles. The molecule has 1 aromatic rings. The van der Waals surface area contributed by atoms with Crippen LogP contribution in [0.5, 0.6) is 0 Å². The van der Waals surface area contributed by atoms with Gasteiger partial charge in [-0.05, 0) is 6.42 Å². The van der Waals surface area contributed by atoms with Crippen molar-refractivity contribution in [2.75, 3.05) is 0 Å². The molecule has 2 heterocycles. The number of rotatable bonds is 1. The van der Waals surface area contributed by atoms with E-state index in [0.717, 1.165) is 18.7 Å². The van der Waals surface area contributed by atoms with Crippen molar-refractivity contribution in [3.63, 3.8) is 0 Å². The van der Waals surface area contributed by atoms with Crippen LogP contribution < -0.4 is 0 Å². The number of amides is 1. The van der Waals surface area contributed by atoms with Crippen LogP contribution in [0.1, 0.15) is 30.8 Å². The zero-order chi connectivity index (χ0) is 10.3. The number of hydrogen-bond acceptors (Lipinski definition) is 2. The second kappa shape index (κ2) is 3.12. The third-order valence-electron chi connectivity index (χ3n) is 2.83. The minimum Gasteiger partial charge on any atom is -0.333 e. The minimum atomic E-state index is 0.142. The van der Waals surface area contributed by atoms with E-state index in [1.807, 2.05) is 16.6 Å². The summed E-state index contributed by atoms with van der Waals surface area (Å²) in [6, 6.07) is 0. The van der Waals surface area contributed by atoms with E-state index in [4.69, 9.17) is 0 Å². The molecule has 14 heavy (non-hydrogen) atoms. The Labute approximate surface area is 83.5 Å². The maximum absolute atomic E-state index is 11.2. The molecule has 0 bridgehead atoms. The van der Waals surface area contributed by atoms with Gasteiger partial charge in [-0.25, -0.2) is 0 Å². The van der Waals surface area contributed by atoms with Crippen LogP contribution in [0.25, 0.3) is 0 Å². The fraction of sp³-hybridized carbons (Fsp3) is 0.600. The number of carbonyl (C=O) groups excluding carboxylic acids is 1. The minimum absolute atomic E-state index is 0.142. The molecule has 0 N–H and O–H groups in total. The fourth-order valence-electron chi connectivity index (χ4n) is 1.98. The highest BCUT2D eigenvalue weighted by Gasteiger charge is 2.27. The van der Waals surface area contributed by atoms with Crippen molar-refractivity contribution >= 4 is 5.91 Å². The van der Waals surface area contributed by atoms with E-state index in [-0.39, 0.29) is 5.91 Å². The molecule has 2 rings (SSSR count). The van der Waals surface area contributed by atoms with Gasteiger partial charge in [-0.15, -0.1) is 0 Å². The fourth-order valence-corrected chi connectivity index (χ4v) is 1.98. The van der Waals surface area contributed by atoms with Gasteiger partial charge in [0.1, 0.15) is 0 Å². The topological polar surface area (TPSA) is 38.1 Å². The molecule has 0 fully saturated rings. The Hall–Kier alpha value is -1.32. The molecule has 4 heteroatoms. The van der Waals surface area contributed by atoms with Crippen molar-refractivity contribution in [1.82, 2.24) is 14.7 Å². The first kappa shape index (κ1) is 9.24. The second-order valence-electron chi connectivity index (χ2n) is 3.72. The molecular weight excluding hydrogens is 178 g/mol. The van der Waals surface area contributed by atoms with Gasteiger partial charge in [-0.2, -0.15) is 5.10 Å². The molecular formula is C10H15N3O. The van der Waals surface area contributed by atoms with Crippen molar-refractivity contribution in [1.29, 1.82) is 0 Å². The Kier molecular flexibility index (Phi) is 2.06. The lowest BCUT2D eigenvalue weighted by molar-refractivity contribution is -0.129. The normalized spacial score (nSPS) is 14.6. The summed E-state index contributed by atoms with van der Waals surface area (Å²) >= 11 is 0. The van der Waals surface area contributed by atoms with Crippen LogP contribution >= 0.6 is 0 Å². The first-order chi connectivity index (χ1) is 6.63. The van der Waals surface area contributed by atoms with E-state index in [0.29, 0.717) is 6.54 Å². The summed E-state index contributed by atoms with van der Waals surface area (Å²) in [7, 11) is 1.95. The van der Waals surface area contributed by atoms with E-state index < -0.39 is 0 Å². The Morgan fingerprint density at radius 3 is 2.79 bits per heavy atom. The van der Waals surface area contributed by atoms with Crippen LogP contribution in [0.4, 0.5) is 0 Å². The molecule has 0 aliphatic carbocycles. The smallest absolute Gasteiger partial charge is 0.220 e. The molecule has 0 aromatic carbocycles. The maximum Gasteiger partial charge on any atom is 0.220 e. The number of hydrogen-bond donors (Lipinski definition) is 0. The molecule has 0 atom stereocenters. The Morgan fingerprint density at radius 1 is 1.50 bits per heavy atom. The van der Waals surface area contributed by atoms with Crippen LogP contribution in [-0.4, -0.2) is 20.6 Å². The van der Waals surface area contributed by atoms with Crippen molar-refractivity contribution < 1.29 is 4.79 Å². The molecule has 0 radical (unpaired) electrons. The first-order valence-electron chi connectivity index (χ1n) is 4.92. The molecule has 0 saturated heterocycles. The molecule has 1 amide bonds. The van der Waals surface area contributed by atoms with Crippen LogP contribution in [0, 0.1) is 0 Å². The predicted molar refractivity (Wildman–Crippen MR) is 52.5 cm³/mol. The standard InChI is InChI=1S/C10H15N3O/c1-4-9-8-5-13(7(2)14)6-10(8)12(3)11-9/h4-6H2,1-3H3. The first-order valence-corrected chi connectivity index (χ1v) is 4.92. The number of aromatic nitrogens is 2. The summed E-state index contributed by atoms with van der Waals surface area (Å²) in [5.74, 6) is 0.142. The van der Waals surface area contributed by atoms with Gasteiger partial charge in [0.05, 0.1) is 17.9 Å². The van der Waals surface area contributed by atoms with Gasteiger partial charge < -0.3 is 4.90 Å². The molecule has 76 valence electrons. The largest absolute Gasteiger partial charge is 0.333 e. The van der Waals surface area contributed by atoms with Crippen LogP contribution in [0.3, 0.4) is 0 Å². The third kappa shape index (κ3) is 1.22. The zero-order valence-electron chi connectivity index (χ0n) is 8.87. The lowest BCUT2D eigenvalue weighted by Crippen LogP contribution is -2.23. The highest BCUT2D eigenvalue weighted by Crippen LogP contribution is 2.25.